The summed E-state index contributed by atoms with van der Waals surface area (Å²) in [5.41, 5.74) is 7.87. The van der Waals surface area contributed by atoms with Gasteiger partial charge in [-0.15, -0.1) is 0 Å². The zero-order valence-electron chi connectivity index (χ0n) is 46.2. The van der Waals surface area contributed by atoms with Crippen molar-refractivity contribution in [1.82, 2.24) is 0 Å². The molecule has 0 unspecified atom stereocenters. The third-order valence-corrected chi connectivity index (χ3v) is 7.09. The van der Waals surface area contributed by atoms with Gasteiger partial charge in [-0.25, -0.2) is 0 Å². The molecule has 6 aromatic carbocycles. The first kappa shape index (κ1) is 75.0. The molecule has 0 aromatic heterocycles. The molecular formula is C62H106. The lowest BCUT2D eigenvalue weighted by Crippen LogP contribution is -2.04. The third kappa shape index (κ3) is 30.6. The summed E-state index contributed by atoms with van der Waals surface area (Å²) in [7, 11) is 0. The summed E-state index contributed by atoms with van der Waals surface area (Å²) in [5.74, 6) is 0.388. The van der Waals surface area contributed by atoms with Crippen LogP contribution in [-0.2, 0) is 0 Å². The molecule has 0 fully saturated rings. The first-order valence-electron chi connectivity index (χ1n) is 25.6. The van der Waals surface area contributed by atoms with Crippen molar-refractivity contribution >= 4 is 10.8 Å². The van der Waals surface area contributed by atoms with Crippen molar-refractivity contribution in [3.05, 3.63) is 191 Å². The largest absolute Gasteiger partial charge is 0.0683 e. The Balaban J connectivity index is -0.000000161. The predicted octanol–water partition coefficient (Wildman–Crippen LogP) is 22.5. The number of fused-ring (bicyclic) bond motifs is 1. The lowest BCUT2D eigenvalue weighted by molar-refractivity contribution is 0.975. The molecule has 6 rings (SSSR count). The second-order valence-corrected chi connectivity index (χ2v) is 9.37. The Morgan fingerprint density at radius 1 is 0.177 bits per heavy atom. The quantitative estimate of drug-likeness (QED) is 0.147. The number of hydrogen-bond acceptors (Lipinski definition) is 0. The van der Waals surface area contributed by atoms with Gasteiger partial charge >= 0.3 is 0 Å². The molecule has 0 aliphatic carbocycles. The van der Waals surface area contributed by atoms with Crippen LogP contribution >= 0.6 is 0 Å². The smallest absolute Gasteiger partial charge is 0.0340 e. The summed E-state index contributed by atoms with van der Waals surface area (Å²) in [5, 5.41) is 2.54. The highest BCUT2D eigenvalue weighted by Crippen LogP contribution is 2.36. The molecule has 0 aliphatic rings. The molecule has 0 saturated carbocycles. The van der Waals surface area contributed by atoms with E-state index in [9.17, 15) is 0 Å². The topological polar surface area (TPSA) is 0 Å². The van der Waals surface area contributed by atoms with E-state index in [0.717, 1.165) is 0 Å². The maximum absolute atomic E-state index is 2.39. The van der Waals surface area contributed by atoms with Gasteiger partial charge in [0.1, 0.15) is 0 Å². The molecule has 0 saturated heterocycles. The molecule has 62 heavy (non-hydrogen) atoms. The maximum atomic E-state index is 2.39. The fourth-order valence-electron chi connectivity index (χ4n) is 5.38. The molecule has 0 heterocycles. The summed E-state index contributed by atoms with van der Waals surface area (Å²) in [6.45, 7) is 52.0. The van der Waals surface area contributed by atoms with Gasteiger partial charge in [0.25, 0.3) is 0 Å². The first-order valence-corrected chi connectivity index (χ1v) is 25.6. The SMILES string of the molecule is CC.CC.CC.CC.CC.CC.CC.CC.CC.CC.CC.CC.CC.c1ccc(C(c2ccccc2)c2ccc3ccc(C(c4ccccc4)c4ccccc4)cc3c2)cc1. The van der Waals surface area contributed by atoms with E-state index in [1.54, 1.807) is 0 Å². The minimum Gasteiger partial charge on any atom is -0.0683 e. The minimum absolute atomic E-state index is 0.194. The van der Waals surface area contributed by atoms with Crippen molar-refractivity contribution < 1.29 is 0 Å². The molecule has 0 N–H and O–H groups in total. The van der Waals surface area contributed by atoms with E-state index >= 15 is 0 Å². The normalized spacial score (nSPS) is 7.81. The van der Waals surface area contributed by atoms with Crippen molar-refractivity contribution in [1.29, 1.82) is 0 Å². The van der Waals surface area contributed by atoms with Crippen LogP contribution in [0.4, 0.5) is 0 Å². The summed E-state index contributed by atoms with van der Waals surface area (Å²) in [4.78, 5) is 0. The summed E-state index contributed by atoms with van der Waals surface area (Å²) >= 11 is 0. The van der Waals surface area contributed by atoms with Gasteiger partial charge in [0.05, 0.1) is 0 Å². The van der Waals surface area contributed by atoms with Crippen molar-refractivity contribution in [2.24, 2.45) is 0 Å². The van der Waals surface area contributed by atoms with Gasteiger partial charge in [-0.3, -0.25) is 0 Å². The minimum atomic E-state index is 0.194. The van der Waals surface area contributed by atoms with Crippen molar-refractivity contribution in [2.45, 2.75) is 192 Å². The van der Waals surface area contributed by atoms with Crippen LogP contribution in [0.3, 0.4) is 0 Å². The monoisotopic (exact) mass is 851 g/mol. The molecule has 6 aromatic rings. The van der Waals surface area contributed by atoms with E-state index in [4.69, 9.17) is 0 Å². The molecule has 0 atom stereocenters. The highest BCUT2D eigenvalue weighted by Gasteiger charge is 2.19. The molecule has 0 heteroatoms. The lowest BCUT2D eigenvalue weighted by Gasteiger charge is -2.21. The molecule has 0 aliphatic heterocycles. The Bertz CT molecular complexity index is 1360. The standard InChI is InChI=1S/C36H28.13C2H6/c1-5-13-28(14-6-1)35(29-15-7-2-8-16-29)32-23-21-27-22-24-33(26-34(27)25-32)36(30-17-9-3-10-18-30)31-19-11-4-12-20-31;13*1-2/h1-26,35-36H;13*1-2H3. The molecule has 0 nitrogen and oxygen atoms in total. The van der Waals surface area contributed by atoms with Crippen LogP contribution in [0.15, 0.2) is 158 Å². The van der Waals surface area contributed by atoms with Gasteiger partial charge in [-0.05, 0) is 44.2 Å². The zero-order valence-corrected chi connectivity index (χ0v) is 46.2. The number of benzene rings is 6. The lowest BCUT2D eigenvalue weighted by atomic mass is 9.82. The summed E-state index contributed by atoms with van der Waals surface area (Å²) < 4.78 is 0. The number of rotatable bonds is 6. The van der Waals surface area contributed by atoms with E-state index in [0.29, 0.717) is 0 Å². The second-order valence-electron chi connectivity index (χ2n) is 9.37. The van der Waals surface area contributed by atoms with Crippen LogP contribution < -0.4 is 0 Å². The van der Waals surface area contributed by atoms with E-state index in [-0.39, 0.29) is 11.8 Å². The van der Waals surface area contributed by atoms with Gasteiger partial charge in [0.15, 0.2) is 0 Å². The average Bonchev–Trinajstić information content (AvgIpc) is 3.43. The van der Waals surface area contributed by atoms with E-state index in [2.05, 4.69) is 158 Å². The Labute approximate surface area is 392 Å². The fourth-order valence-corrected chi connectivity index (χ4v) is 5.38. The summed E-state index contributed by atoms with van der Waals surface area (Å²) in [6, 6.07) is 57.2. The van der Waals surface area contributed by atoms with Crippen LogP contribution in [0.2, 0.25) is 0 Å². The molecule has 0 radical (unpaired) electrons. The van der Waals surface area contributed by atoms with Crippen LogP contribution in [0.25, 0.3) is 10.8 Å². The van der Waals surface area contributed by atoms with Crippen LogP contribution in [0.1, 0.15) is 225 Å². The zero-order chi connectivity index (χ0) is 50.2. The van der Waals surface area contributed by atoms with Gasteiger partial charge in [-0.1, -0.05) is 338 Å². The second kappa shape index (κ2) is 65.7. The van der Waals surface area contributed by atoms with E-state index in [1.165, 1.54) is 44.2 Å². The first-order chi connectivity index (χ1) is 30.9. The molecule has 0 amide bonds. The number of hydrogen-bond donors (Lipinski definition) is 0. The van der Waals surface area contributed by atoms with Gasteiger partial charge in [0, 0.05) is 11.8 Å². The maximum Gasteiger partial charge on any atom is 0.0340 e. The van der Waals surface area contributed by atoms with Gasteiger partial charge < -0.3 is 0 Å². The van der Waals surface area contributed by atoms with Crippen molar-refractivity contribution in [3.63, 3.8) is 0 Å². The molecule has 0 bridgehead atoms. The Hall–Kier alpha value is -4.42. The van der Waals surface area contributed by atoms with Crippen molar-refractivity contribution in [2.75, 3.05) is 0 Å². The molecule has 354 valence electrons. The summed E-state index contributed by atoms with van der Waals surface area (Å²) in [6.07, 6.45) is 0. The Morgan fingerprint density at radius 2 is 0.355 bits per heavy atom. The van der Waals surface area contributed by atoms with Crippen LogP contribution in [-0.4, -0.2) is 0 Å². The third-order valence-electron chi connectivity index (χ3n) is 7.09. The predicted molar refractivity (Wildman–Crippen MR) is 299 cm³/mol. The molecular weight excluding hydrogens is 745 g/mol. The Kier molecular flexibility index (Phi) is 79.5. The molecule has 0 spiro atoms. The average molecular weight is 852 g/mol. The van der Waals surface area contributed by atoms with E-state index in [1.807, 2.05) is 180 Å². The Morgan fingerprint density at radius 3 is 0.532 bits per heavy atom. The highest BCUT2D eigenvalue weighted by molar-refractivity contribution is 5.84. The van der Waals surface area contributed by atoms with Gasteiger partial charge in [0.2, 0.25) is 0 Å². The highest BCUT2D eigenvalue weighted by atomic mass is 14.2. The van der Waals surface area contributed by atoms with Crippen LogP contribution in [0.5, 0.6) is 0 Å². The van der Waals surface area contributed by atoms with Crippen molar-refractivity contribution in [3.8, 4) is 0 Å². The van der Waals surface area contributed by atoms with E-state index < -0.39 is 0 Å². The van der Waals surface area contributed by atoms with Gasteiger partial charge in [-0.2, -0.15) is 0 Å². The van der Waals surface area contributed by atoms with Crippen LogP contribution in [0, 0.1) is 0 Å². The fraction of sp³-hybridized carbons (Fsp3) is 0.452.